The fourth-order valence-electron chi connectivity index (χ4n) is 5.64. The summed E-state index contributed by atoms with van der Waals surface area (Å²) < 4.78 is 29.5. The van der Waals surface area contributed by atoms with Gasteiger partial charge in [0.25, 0.3) is 5.91 Å². The Morgan fingerprint density at radius 2 is 1.92 bits per heavy atom. The van der Waals surface area contributed by atoms with Crippen molar-refractivity contribution in [1.29, 1.82) is 0 Å². The van der Waals surface area contributed by atoms with Crippen molar-refractivity contribution in [3.8, 4) is 0 Å². The number of nitrogens with zero attached hydrogens (tertiary/aromatic N) is 3. The van der Waals surface area contributed by atoms with Crippen molar-refractivity contribution in [2.24, 2.45) is 10.9 Å². The van der Waals surface area contributed by atoms with Crippen LogP contribution in [0.2, 0.25) is 0 Å². The molecular formula is C26H34N4O5S. The summed E-state index contributed by atoms with van der Waals surface area (Å²) in [6, 6.07) is 7.44. The number of hydrogen-bond acceptors (Lipinski definition) is 6. The van der Waals surface area contributed by atoms with E-state index in [1.54, 1.807) is 6.08 Å². The van der Waals surface area contributed by atoms with E-state index in [1.165, 1.54) is 16.1 Å². The van der Waals surface area contributed by atoms with Crippen molar-refractivity contribution in [1.82, 2.24) is 14.2 Å². The Labute approximate surface area is 211 Å². The SMILES string of the molecule is O=C1NC(C2CCCCC2)=NC12CCN(S(=O)(=O)C=Cc1cccc3c1ccn3CC(O)CO)CC2. The summed E-state index contributed by atoms with van der Waals surface area (Å²) in [6.07, 6.45) is 8.97. The van der Waals surface area contributed by atoms with Gasteiger partial charge in [-0.1, -0.05) is 31.4 Å². The molecule has 3 heterocycles. The third-order valence-corrected chi connectivity index (χ3v) is 9.35. The molecule has 1 saturated carbocycles. The summed E-state index contributed by atoms with van der Waals surface area (Å²) in [5.74, 6) is 1.04. The van der Waals surface area contributed by atoms with Crippen molar-refractivity contribution < 1.29 is 23.4 Å². The fourth-order valence-corrected chi connectivity index (χ4v) is 6.82. The van der Waals surface area contributed by atoms with Crippen molar-refractivity contribution in [2.75, 3.05) is 19.7 Å². The maximum absolute atomic E-state index is 13.1. The molecule has 10 heteroatoms. The highest BCUT2D eigenvalue weighted by Crippen LogP contribution is 2.35. The standard InChI is InChI=1S/C26H34N4O5S/c31-18-21(32)17-29-13-9-22-19(7-4-8-23(22)29)10-16-36(34,35)30-14-11-26(12-15-30)25(33)27-24(28-26)20-5-2-1-3-6-20/h4,7-10,13,16,20-21,31-32H,1-3,5-6,11-12,14-15,17-18H2,(H,27,28,33). The Hall–Kier alpha value is -2.53. The first-order chi connectivity index (χ1) is 17.3. The highest BCUT2D eigenvalue weighted by atomic mass is 32.2. The summed E-state index contributed by atoms with van der Waals surface area (Å²) in [4.78, 5) is 17.7. The van der Waals surface area contributed by atoms with Gasteiger partial charge in [-0.15, -0.1) is 0 Å². The van der Waals surface area contributed by atoms with Crippen LogP contribution in [0.15, 0.2) is 40.9 Å². The number of amidine groups is 1. The van der Waals surface area contributed by atoms with E-state index >= 15 is 0 Å². The lowest BCUT2D eigenvalue weighted by Crippen LogP contribution is -2.50. The third kappa shape index (κ3) is 4.87. The first-order valence-corrected chi connectivity index (χ1v) is 14.3. The van der Waals surface area contributed by atoms with Gasteiger partial charge in [-0.05, 0) is 49.5 Å². The summed E-state index contributed by atoms with van der Waals surface area (Å²) in [5, 5.41) is 24.0. The first kappa shape index (κ1) is 25.1. The van der Waals surface area contributed by atoms with E-state index in [1.807, 2.05) is 35.0 Å². The Balaban J connectivity index is 1.28. The summed E-state index contributed by atoms with van der Waals surface area (Å²) in [7, 11) is -3.67. The zero-order valence-corrected chi connectivity index (χ0v) is 21.2. The second kappa shape index (κ2) is 10.1. The minimum atomic E-state index is -3.67. The Bertz CT molecular complexity index is 1280. The number of sulfonamides is 1. The molecule has 9 nitrogen and oxygen atoms in total. The zero-order chi connectivity index (χ0) is 25.3. The average molecular weight is 515 g/mol. The van der Waals surface area contributed by atoms with Crippen molar-refractivity contribution in [3.63, 3.8) is 0 Å². The van der Waals surface area contributed by atoms with Crippen LogP contribution in [0.1, 0.15) is 50.5 Å². The van der Waals surface area contributed by atoms with Crippen LogP contribution < -0.4 is 5.32 Å². The number of carbonyl (C=O) groups excluding carboxylic acids is 1. The fraction of sp³-hybridized carbons (Fsp3) is 0.538. The molecular weight excluding hydrogens is 480 g/mol. The number of carbonyl (C=O) groups is 1. The number of aliphatic imine (C=N–C) groups is 1. The highest BCUT2D eigenvalue weighted by molar-refractivity contribution is 7.92. The van der Waals surface area contributed by atoms with Gasteiger partial charge in [0.05, 0.1) is 19.3 Å². The van der Waals surface area contributed by atoms with E-state index in [4.69, 9.17) is 10.1 Å². The Kier molecular flexibility index (Phi) is 7.04. The second-order valence-electron chi connectivity index (χ2n) is 10.1. The van der Waals surface area contributed by atoms with Crippen molar-refractivity contribution >= 4 is 38.7 Å². The van der Waals surface area contributed by atoms with Gasteiger partial charge >= 0.3 is 0 Å². The van der Waals surface area contributed by atoms with Gasteiger partial charge in [0, 0.05) is 41.5 Å². The molecule has 2 aromatic rings. The average Bonchev–Trinajstić information content (AvgIpc) is 3.44. The molecule has 1 spiro atoms. The summed E-state index contributed by atoms with van der Waals surface area (Å²) in [5.41, 5.74) is 0.760. The number of aliphatic hydroxyl groups excluding tert-OH is 2. The number of hydrogen-bond donors (Lipinski definition) is 3. The van der Waals surface area contributed by atoms with E-state index in [0.29, 0.717) is 18.8 Å². The quantitative estimate of drug-likeness (QED) is 0.523. The number of nitrogens with one attached hydrogen (secondary N) is 1. The molecule has 3 aliphatic rings. The Morgan fingerprint density at radius 3 is 2.64 bits per heavy atom. The Morgan fingerprint density at radius 1 is 1.17 bits per heavy atom. The number of piperidine rings is 1. The maximum Gasteiger partial charge on any atom is 0.253 e. The predicted octanol–water partition coefficient (Wildman–Crippen LogP) is 2.24. The van der Waals surface area contributed by atoms with Gasteiger partial charge in [0.1, 0.15) is 11.4 Å². The molecule has 1 atom stereocenters. The molecule has 3 N–H and O–H groups in total. The monoisotopic (exact) mass is 514 g/mol. The molecule has 1 saturated heterocycles. The van der Waals surface area contributed by atoms with Gasteiger partial charge in [-0.25, -0.2) is 8.42 Å². The molecule has 5 rings (SSSR count). The third-order valence-electron chi connectivity index (χ3n) is 7.79. The van der Waals surface area contributed by atoms with Crippen LogP contribution in [-0.4, -0.2) is 70.6 Å². The smallest absolute Gasteiger partial charge is 0.253 e. The molecule has 0 bridgehead atoms. The van der Waals surface area contributed by atoms with Crippen LogP contribution in [-0.2, 0) is 21.4 Å². The van der Waals surface area contributed by atoms with Gasteiger partial charge in [-0.2, -0.15) is 4.31 Å². The molecule has 0 radical (unpaired) electrons. The largest absolute Gasteiger partial charge is 0.394 e. The molecule has 1 aliphatic carbocycles. The summed E-state index contributed by atoms with van der Waals surface area (Å²) >= 11 is 0. The molecule has 2 aliphatic heterocycles. The van der Waals surface area contributed by atoms with Crippen LogP contribution in [0.5, 0.6) is 0 Å². The van der Waals surface area contributed by atoms with Gasteiger partial charge in [0.2, 0.25) is 10.0 Å². The van der Waals surface area contributed by atoms with Crippen LogP contribution in [0.4, 0.5) is 0 Å². The van der Waals surface area contributed by atoms with E-state index < -0.39 is 21.7 Å². The van der Waals surface area contributed by atoms with Crippen LogP contribution in [0, 0.1) is 5.92 Å². The number of aliphatic hydroxyl groups is 2. The predicted molar refractivity (Wildman–Crippen MR) is 139 cm³/mol. The first-order valence-electron chi connectivity index (χ1n) is 12.8. The lowest BCUT2D eigenvalue weighted by Gasteiger charge is -2.34. The normalized spacial score (nSPS) is 22.4. The lowest BCUT2D eigenvalue weighted by molar-refractivity contribution is -0.125. The van der Waals surface area contributed by atoms with Gasteiger partial charge < -0.3 is 20.1 Å². The minimum Gasteiger partial charge on any atom is -0.394 e. The van der Waals surface area contributed by atoms with Crippen molar-refractivity contribution in [2.45, 2.75) is 63.1 Å². The number of rotatable bonds is 7. The maximum atomic E-state index is 13.1. The van der Waals surface area contributed by atoms with E-state index in [2.05, 4.69) is 5.32 Å². The molecule has 1 aromatic carbocycles. The number of amides is 1. The van der Waals surface area contributed by atoms with E-state index in [9.17, 15) is 18.3 Å². The highest BCUT2D eigenvalue weighted by Gasteiger charge is 2.48. The van der Waals surface area contributed by atoms with Crippen LogP contribution in [0.25, 0.3) is 17.0 Å². The molecule has 36 heavy (non-hydrogen) atoms. The van der Waals surface area contributed by atoms with E-state index in [0.717, 1.165) is 48.0 Å². The number of fused-ring (bicyclic) bond motifs is 1. The van der Waals surface area contributed by atoms with Crippen LogP contribution in [0.3, 0.4) is 0 Å². The van der Waals surface area contributed by atoms with Crippen molar-refractivity contribution in [3.05, 3.63) is 41.4 Å². The number of benzene rings is 1. The topological polar surface area (TPSA) is 124 Å². The molecule has 1 amide bonds. The minimum absolute atomic E-state index is 0.0850. The molecule has 194 valence electrons. The van der Waals surface area contributed by atoms with Gasteiger partial charge in [0.15, 0.2) is 0 Å². The van der Waals surface area contributed by atoms with Crippen LogP contribution >= 0.6 is 0 Å². The molecule has 1 unspecified atom stereocenters. The van der Waals surface area contributed by atoms with Gasteiger partial charge in [-0.3, -0.25) is 9.79 Å². The molecule has 1 aromatic heterocycles. The second-order valence-corrected chi connectivity index (χ2v) is 12.0. The lowest BCUT2D eigenvalue weighted by atomic mass is 9.88. The number of aromatic nitrogens is 1. The molecule has 2 fully saturated rings. The van der Waals surface area contributed by atoms with E-state index in [-0.39, 0.29) is 32.1 Å². The summed E-state index contributed by atoms with van der Waals surface area (Å²) in [6.45, 7) is 0.422. The zero-order valence-electron chi connectivity index (χ0n) is 20.3.